The van der Waals surface area contributed by atoms with Gasteiger partial charge in [0.05, 0.1) is 11.3 Å². The molecule has 27 heavy (non-hydrogen) atoms. The van der Waals surface area contributed by atoms with Crippen molar-refractivity contribution in [1.82, 2.24) is 14.1 Å². The molecule has 0 spiro atoms. The molecule has 0 aliphatic heterocycles. The summed E-state index contributed by atoms with van der Waals surface area (Å²) in [6.45, 7) is 3.68. The minimum absolute atomic E-state index is 0.155. The lowest BCUT2D eigenvalue weighted by Crippen LogP contribution is -2.18. The molecule has 3 rings (SSSR count). The van der Waals surface area contributed by atoms with E-state index in [-0.39, 0.29) is 17.5 Å². The lowest BCUT2D eigenvalue weighted by Gasteiger charge is -2.13. The smallest absolute Gasteiger partial charge is 0.236 e. The molecule has 0 aliphatic rings. The summed E-state index contributed by atoms with van der Waals surface area (Å²) >= 11 is 1.31. The Kier molecular flexibility index (Phi) is 5.33. The van der Waals surface area contributed by atoms with E-state index in [2.05, 4.69) is 16.4 Å². The van der Waals surface area contributed by atoms with Gasteiger partial charge in [0.2, 0.25) is 5.91 Å². The molecule has 0 aliphatic carbocycles. The molecule has 1 N–H and O–H groups in total. The molecular weight excluding hydrogens is 365 g/mol. The van der Waals surface area contributed by atoms with Crippen molar-refractivity contribution in [1.29, 1.82) is 5.26 Å². The average Bonchev–Trinajstić information content (AvgIpc) is 3.15. The van der Waals surface area contributed by atoms with Crippen molar-refractivity contribution in [2.45, 2.75) is 19.0 Å². The summed E-state index contributed by atoms with van der Waals surface area (Å²) in [6.07, 6.45) is 3.47. The number of imidazole rings is 1. The van der Waals surface area contributed by atoms with Gasteiger partial charge in [-0.1, -0.05) is 11.8 Å². The molecule has 2 heterocycles. The van der Waals surface area contributed by atoms with Crippen LogP contribution in [0, 0.1) is 31.0 Å². The molecular formula is C19H18FN5OS. The van der Waals surface area contributed by atoms with Crippen LogP contribution in [0.5, 0.6) is 0 Å². The van der Waals surface area contributed by atoms with Crippen LogP contribution in [0.15, 0.2) is 41.8 Å². The van der Waals surface area contributed by atoms with Crippen LogP contribution in [0.3, 0.4) is 0 Å². The molecule has 1 aromatic carbocycles. The second-order valence-electron chi connectivity index (χ2n) is 6.02. The molecule has 6 nitrogen and oxygen atoms in total. The van der Waals surface area contributed by atoms with Crippen LogP contribution in [-0.2, 0) is 11.8 Å². The van der Waals surface area contributed by atoms with E-state index in [0.717, 1.165) is 16.4 Å². The fraction of sp³-hybridized carbons (Fsp3) is 0.211. The van der Waals surface area contributed by atoms with E-state index >= 15 is 0 Å². The van der Waals surface area contributed by atoms with Gasteiger partial charge in [-0.2, -0.15) is 5.26 Å². The number of thioether (sulfide) groups is 1. The third-order valence-corrected chi connectivity index (χ3v) is 5.34. The quantitative estimate of drug-likeness (QED) is 0.684. The van der Waals surface area contributed by atoms with Crippen molar-refractivity contribution in [3.05, 3.63) is 59.3 Å². The molecule has 2 aromatic heterocycles. The summed E-state index contributed by atoms with van der Waals surface area (Å²) in [5, 5.41) is 13.1. The number of aryl methyl sites for hydroxylation is 1. The number of rotatable bonds is 5. The number of hydrogen-bond donors (Lipinski definition) is 1. The minimum atomic E-state index is -0.349. The third-order valence-electron chi connectivity index (χ3n) is 4.28. The number of carbonyl (C=O) groups is 1. The number of amides is 1. The first-order valence-corrected chi connectivity index (χ1v) is 9.19. The van der Waals surface area contributed by atoms with E-state index in [0.29, 0.717) is 17.1 Å². The Morgan fingerprint density at radius 2 is 2.04 bits per heavy atom. The maximum Gasteiger partial charge on any atom is 0.236 e. The van der Waals surface area contributed by atoms with Crippen molar-refractivity contribution in [2.75, 3.05) is 11.1 Å². The number of hydrogen-bond acceptors (Lipinski definition) is 4. The Morgan fingerprint density at radius 3 is 2.63 bits per heavy atom. The summed E-state index contributed by atoms with van der Waals surface area (Å²) in [6, 6.07) is 8.07. The van der Waals surface area contributed by atoms with Gasteiger partial charge in [-0.25, -0.2) is 9.37 Å². The first-order chi connectivity index (χ1) is 12.9. The Bertz CT molecular complexity index is 1030. The molecule has 0 radical (unpaired) electrons. The molecule has 3 aromatic rings. The molecule has 1 amide bonds. The third kappa shape index (κ3) is 3.73. The highest BCUT2D eigenvalue weighted by Crippen LogP contribution is 2.30. The lowest BCUT2D eigenvalue weighted by molar-refractivity contribution is -0.113. The normalized spacial score (nSPS) is 10.6. The van der Waals surface area contributed by atoms with E-state index in [4.69, 9.17) is 0 Å². The van der Waals surface area contributed by atoms with Crippen molar-refractivity contribution in [2.24, 2.45) is 7.05 Å². The second kappa shape index (κ2) is 7.68. The number of nitrogens with zero attached hydrogens (tertiary/aromatic N) is 4. The number of aromatic nitrogens is 3. The van der Waals surface area contributed by atoms with Gasteiger partial charge in [0.1, 0.15) is 17.7 Å². The Balaban J connectivity index is 1.90. The standard InChI is InChI=1S/C19H18FN5OS/c1-12-13(2)25(15-6-4-14(20)5-7-15)18(16(12)10-21)23-17(26)11-27-19-22-8-9-24(19)3/h4-9H,11H2,1-3H3,(H,23,26). The highest BCUT2D eigenvalue weighted by atomic mass is 32.2. The zero-order chi connectivity index (χ0) is 19.6. The fourth-order valence-corrected chi connectivity index (χ4v) is 3.50. The van der Waals surface area contributed by atoms with Gasteiger partial charge in [-0.3, -0.25) is 9.36 Å². The van der Waals surface area contributed by atoms with Gasteiger partial charge in [-0.05, 0) is 43.7 Å². The summed E-state index contributed by atoms with van der Waals surface area (Å²) in [5.74, 6) is -0.0506. The number of benzene rings is 1. The first-order valence-electron chi connectivity index (χ1n) is 8.20. The molecule has 0 saturated carbocycles. The topological polar surface area (TPSA) is 75.6 Å². The van der Waals surface area contributed by atoms with E-state index in [1.54, 1.807) is 29.1 Å². The second-order valence-corrected chi connectivity index (χ2v) is 6.96. The summed E-state index contributed by atoms with van der Waals surface area (Å²) in [4.78, 5) is 16.7. The van der Waals surface area contributed by atoms with Crippen LogP contribution in [0.4, 0.5) is 10.2 Å². The molecule has 0 atom stereocenters. The number of halogens is 1. The summed E-state index contributed by atoms with van der Waals surface area (Å²) in [7, 11) is 1.85. The van der Waals surface area contributed by atoms with Crippen LogP contribution >= 0.6 is 11.8 Å². The highest BCUT2D eigenvalue weighted by molar-refractivity contribution is 7.99. The fourth-order valence-electron chi connectivity index (χ4n) is 2.76. The zero-order valence-electron chi connectivity index (χ0n) is 15.2. The molecule has 0 unspecified atom stereocenters. The van der Waals surface area contributed by atoms with E-state index in [9.17, 15) is 14.4 Å². The maximum absolute atomic E-state index is 13.3. The van der Waals surface area contributed by atoms with E-state index in [1.165, 1.54) is 23.9 Å². The van der Waals surface area contributed by atoms with Crippen molar-refractivity contribution in [3.63, 3.8) is 0 Å². The van der Waals surface area contributed by atoms with E-state index < -0.39 is 0 Å². The van der Waals surface area contributed by atoms with Gasteiger partial charge in [0, 0.05) is 30.8 Å². The van der Waals surface area contributed by atoms with Crippen LogP contribution in [0.1, 0.15) is 16.8 Å². The van der Waals surface area contributed by atoms with Crippen LogP contribution < -0.4 is 5.32 Å². The molecule has 0 fully saturated rings. The SMILES string of the molecule is Cc1c(C#N)c(NC(=O)CSc2nccn2C)n(-c2ccc(F)cc2)c1C. The first kappa shape index (κ1) is 18.7. The number of nitriles is 1. The monoisotopic (exact) mass is 383 g/mol. The van der Waals surface area contributed by atoms with E-state index in [1.807, 2.05) is 25.5 Å². The lowest BCUT2D eigenvalue weighted by atomic mass is 10.2. The van der Waals surface area contributed by atoms with Crippen molar-refractivity contribution in [3.8, 4) is 11.8 Å². The van der Waals surface area contributed by atoms with Crippen molar-refractivity contribution >= 4 is 23.5 Å². The van der Waals surface area contributed by atoms with Gasteiger partial charge in [0.25, 0.3) is 0 Å². The Morgan fingerprint density at radius 1 is 1.33 bits per heavy atom. The maximum atomic E-state index is 13.3. The Labute approximate surface area is 160 Å². The predicted octanol–water partition coefficient (Wildman–Crippen LogP) is 3.57. The molecule has 138 valence electrons. The number of anilines is 1. The number of carbonyl (C=O) groups excluding carboxylic acids is 1. The zero-order valence-corrected chi connectivity index (χ0v) is 16.0. The van der Waals surface area contributed by atoms with Crippen LogP contribution in [0.2, 0.25) is 0 Å². The minimum Gasteiger partial charge on any atom is -0.329 e. The molecule has 0 bridgehead atoms. The van der Waals surface area contributed by atoms with Gasteiger partial charge >= 0.3 is 0 Å². The summed E-state index contributed by atoms with van der Waals surface area (Å²) < 4.78 is 16.9. The summed E-state index contributed by atoms with van der Waals surface area (Å²) in [5.41, 5.74) is 2.65. The van der Waals surface area contributed by atoms with Gasteiger partial charge in [0.15, 0.2) is 5.16 Å². The number of nitrogens with one attached hydrogen (secondary N) is 1. The van der Waals surface area contributed by atoms with Crippen molar-refractivity contribution < 1.29 is 9.18 Å². The highest BCUT2D eigenvalue weighted by Gasteiger charge is 2.21. The van der Waals surface area contributed by atoms with Gasteiger partial charge < -0.3 is 9.88 Å². The average molecular weight is 383 g/mol. The van der Waals surface area contributed by atoms with Crippen LogP contribution in [0.25, 0.3) is 5.69 Å². The van der Waals surface area contributed by atoms with Crippen LogP contribution in [-0.4, -0.2) is 25.8 Å². The Hall–Kier alpha value is -3.05. The molecule has 0 saturated heterocycles. The van der Waals surface area contributed by atoms with Gasteiger partial charge in [-0.15, -0.1) is 0 Å². The largest absolute Gasteiger partial charge is 0.329 e. The predicted molar refractivity (Wildman–Crippen MR) is 102 cm³/mol. The molecule has 8 heteroatoms.